The van der Waals surface area contributed by atoms with Crippen LogP contribution in [0.5, 0.6) is 5.75 Å². The van der Waals surface area contributed by atoms with Gasteiger partial charge in [-0.15, -0.1) is 0 Å². The summed E-state index contributed by atoms with van der Waals surface area (Å²) in [5.41, 5.74) is 0.838. The van der Waals surface area contributed by atoms with Crippen molar-refractivity contribution in [2.75, 3.05) is 11.3 Å². The lowest BCUT2D eigenvalue weighted by atomic mass is 10.3. The van der Waals surface area contributed by atoms with E-state index < -0.39 is 10.0 Å². The highest BCUT2D eigenvalue weighted by molar-refractivity contribution is 7.92. The number of unbranched alkanes of at least 4 members (excludes halogenated alkanes) is 1. The van der Waals surface area contributed by atoms with Crippen molar-refractivity contribution in [1.29, 1.82) is 0 Å². The Morgan fingerprint density at radius 3 is 2.48 bits per heavy atom. The molecule has 1 aromatic carbocycles. The first kappa shape index (κ1) is 17.3. The zero-order valence-electron chi connectivity index (χ0n) is 13.5. The minimum atomic E-state index is -3.65. The summed E-state index contributed by atoms with van der Waals surface area (Å²) in [4.78, 5) is 4.44. The Labute approximate surface area is 137 Å². The van der Waals surface area contributed by atoms with Gasteiger partial charge in [-0.3, -0.25) is 4.72 Å². The molecule has 0 aliphatic heterocycles. The largest absolute Gasteiger partial charge is 0.494 e. The van der Waals surface area contributed by atoms with E-state index in [1.54, 1.807) is 24.3 Å². The zero-order chi connectivity index (χ0) is 16.7. The van der Waals surface area contributed by atoms with Gasteiger partial charge in [0.15, 0.2) is 0 Å². The standard InChI is InChI=1S/C17H22N2O3S/c1-3-5-13-22-15-9-11-16(12-10-15)23(20,21)19-17-8-6-7-14(4-2)18-17/h6-12H,3-5,13H2,1-2H3,(H,18,19). The number of pyridine rings is 1. The van der Waals surface area contributed by atoms with Gasteiger partial charge in [0.05, 0.1) is 11.5 Å². The van der Waals surface area contributed by atoms with Crippen molar-refractivity contribution < 1.29 is 13.2 Å². The van der Waals surface area contributed by atoms with Crippen LogP contribution in [-0.2, 0) is 16.4 Å². The van der Waals surface area contributed by atoms with Crippen molar-refractivity contribution in [2.45, 2.75) is 38.0 Å². The van der Waals surface area contributed by atoms with Gasteiger partial charge in [-0.05, 0) is 49.2 Å². The average Bonchev–Trinajstić information content (AvgIpc) is 2.55. The molecular formula is C17H22N2O3S. The van der Waals surface area contributed by atoms with Crippen molar-refractivity contribution in [3.05, 3.63) is 48.2 Å². The molecular weight excluding hydrogens is 312 g/mol. The second-order valence-corrected chi connectivity index (χ2v) is 6.83. The number of benzene rings is 1. The number of hydrogen-bond donors (Lipinski definition) is 1. The number of hydrogen-bond acceptors (Lipinski definition) is 4. The monoisotopic (exact) mass is 334 g/mol. The highest BCUT2D eigenvalue weighted by Crippen LogP contribution is 2.19. The van der Waals surface area contributed by atoms with E-state index in [0.29, 0.717) is 18.2 Å². The molecule has 0 fully saturated rings. The van der Waals surface area contributed by atoms with Crippen molar-refractivity contribution >= 4 is 15.8 Å². The van der Waals surface area contributed by atoms with E-state index in [2.05, 4.69) is 16.6 Å². The molecule has 0 bridgehead atoms. The van der Waals surface area contributed by atoms with Crippen molar-refractivity contribution in [3.8, 4) is 5.75 Å². The van der Waals surface area contributed by atoms with Crippen LogP contribution in [0.1, 0.15) is 32.4 Å². The number of sulfonamides is 1. The number of aromatic nitrogens is 1. The normalized spacial score (nSPS) is 11.2. The van der Waals surface area contributed by atoms with E-state index in [0.717, 1.165) is 25.0 Å². The second kappa shape index (κ2) is 7.97. The van der Waals surface area contributed by atoms with E-state index in [1.165, 1.54) is 12.1 Å². The van der Waals surface area contributed by atoms with E-state index in [4.69, 9.17) is 4.74 Å². The Morgan fingerprint density at radius 1 is 1.09 bits per heavy atom. The Kier molecular flexibility index (Phi) is 5.98. The average molecular weight is 334 g/mol. The molecule has 124 valence electrons. The van der Waals surface area contributed by atoms with Gasteiger partial charge in [0.2, 0.25) is 0 Å². The Bertz CT molecular complexity index is 728. The third-order valence-corrected chi connectivity index (χ3v) is 4.68. The maximum Gasteiger partial charge on any atom is 0.263 e. The van der Waals surface area contributed by atoms with Crippen LogP contribution < -0.4 is 9.46 Å². The van der Waals surface area contributed by atoms with E-state index in [-0.39, 0.29) is 4.90 Å². The molecule has 1 aromatic heterocycles. The van der Waals surface area contributed by atoms with Crippen LogP contribution in [0.3, 0.4) is 0 Å². The van der Waals surface area contributed by atoms with Crippen molar-refractivity contribution in [1.82, 2.24) is 4.98 Å². The predicted octanol–water partition coefficient (Wildman–Crippen LogP) is 3.62. The molecule has 1 N–H and O–H groups in total. The Balaban J connectivity index is 2.09. The highest BCUT2D eigenvalue weighted by Gasteiger charge is 2.15. The number of aryl methyl sites for hydroxylation is 1. The molecule has 0 saturated heterocycles. The minimum absolute atomic E-state index is 0.184. The lowest BCUT2D eigenvalue weighted by Gasteiger charge is -2.09. The summed E-state index contributed by atoms with van der Waals surface area (Å²) in [7, 11) is -3.65. The van der Waals surface area contributed by atoms with Gasteiger partial charge in [0, 0.05) is 5.69 Å². The van der Waals surface area contributed by atoms with Crippen LogP contribution in [0, 0.1) is 0 Å². The number of nitrogens with one attached hydrogen (secondary N) is 1. The zero-order valence-corrected chi connectivity index (χ0v) is 14.3. The fourth-order valence-corrected chi connectivity index (χ4v) is 2.98. The van der Waals surface area contributed by atoms with Crippen LogP contribution in [-0.4, -0.2) is 20.0 Å². The van der Waals surface area contributed by atoms with Crippen LogP contribution >= 0.6 is 0 Å². The first-order chi connectivity index (χ1) is 11.0. The topological polar surface area (TPSA) is 68.3 Å². The highest BCUT2D eigenvalue weighted by atomic mass is 32.2. The molecule has 0 atom stereocenters. The number of ether oxygens (including phenoxy) is 1. The summed E-state index contributed by atoms with van der Waals surface area (Å²) in [5, 5.41) is 0. The number of rotatable bonds is 8. The summed E-state index contributed by atoms with van der Waals surface area (Å²) < 4.78 is 32.8. The van der Waals surface area contributed by atoms with Crippen molar-refractivity contribution in [2.24, 2.45) is 0 Å². The third kappa shape index (κ3) is 4.96. The van der Waals surface area contributed by atoms with Crippen molar-refractivity contribution in [3.63, 3.8) is 0 Å². The molecule has 2 rings (SSSR count). The van der Waals surface area contributed by atoms with Crippen LogP contribution in [0.15, 0.2) is 47.4 Å². The van der Waals surface area contributed by atoms with E-state index >= 15 is 0 Å². The maximum atomic E-state index is 12.4. The van der Waals surface area contributed by atoms with Gasteiger partial charge < -0.3 is 4.74 Å². The molecule has 1 heterocycles. The van der Waals surface area contributed by atoms with Gasteiger partial charge in [-0.1, -0.05) is 26.3 Å². The molecule has 5 nitrogen and oxygen atoms in total. The lowest BCUT2D eigenvalue weighted by Crippen LogP contribution is -2.14. The quantitative estimate of drug-likeness (QED) is 0.749. The van der Waals surface area contributed by atoms with Gasteiger partial charge in [0.25, 0.3) is 10.0 Å². The minimum Gasteiger partial charge on any atom is -0.494 e. The third-order valence-electron chi connectivity index (χ3n) is 3.31. The smallest absolute Gasteiger partial charge is 0.263 e. The Morgan fingerprint density at radius 2 is 1.83 bits per heavy atom. The molecule has 0 saturated carbocycles. The molecule has 2 aromatic rings. The summed E-state index contributed by atoms with van der Waals surface area (Å²) in [6.45, 7) is 4.69. The molecule has 0 amide bonds. The summed E-state index contributed by atoms with van der Waals surface area (Å²) in [6.07, 6.45) is 2.78. The fourth-order valence-electron chi connectivity index (χ4n) is 1.98. The number of anilines is 1. The molecule has 6 heteroatoms. The molecule has 0 radical (unpaired) electrons. The maximum absolute atomic E-state index is 12.4. The SMILES string of the molecule is CCCCOc1ccc(S(=O)(=O)Nc2cccc(CC)n2)cc1. The first-order valence-electron chi connectivity index (χ1n) is 7.76. The Hall–Kier alpha value is -2.08. The van der Waals surface area contributed by atoms with Gasteiger partial charge in [-0.25, -0.2) is 13.4 Å². The van der Waals surface area contributed by atoms with Gasteiger partial charge >= 0.3 is 0 Å². The second-order valence-electron chi connectivity index (χ2n) is 5.15. The fraction of sp³-hybridized carbons (Fsp3) is 0.353. The predicted molar refractivity (Wildman–Crippen MR) is 91.3 cm³/mol. The summed E-state index contributed by atoms with van der Waals surface area (Å²) >= 11 is 0. The lowest BCUT2D eigenvalue weighted by molar-refractivity contribution is 0.309. The van der Waals surface area contributed by atoms with E-state index in [9.17, 15) is 8.42 Å². The summed E-state index contributed by atoms with van der Waals surface area (Å²) in [6, 6.07) is 11.7. The van der Waals surface area contributed by atoms with E-state index in [1.807, 2.05) is 13.0 Å². The van der Waals surface area contributed by atoms with Crippen LogP contribution in [0.4, 0.5) is 5.82 Å². The van der Waals surface area contributed by atoms with Gasteiger partial charge in [-0.2, -0.15) is 0 Å². The van der Waals surface area contributed by atoms with Crippen LogP contribution in [0.2, 0.25) is 0 Å². The first-order valence-corrected chi connectivity index (χ1v) is 9.25. The number of nitrogens with zero attached hydrogens (tertiary/aromatic N) is 1. The van der Waals surface area contributed by atoms with Gasteiger partial charge in [0.1, 0.15) is 11.6 Å². The molecule has 0 spiro atoms. The summed E-state index contributed by atoms with van der Waals surface area (Å²) in [5.74, 6) is 0.996. The molecule has 23 heavy (non-hydrogen) atoms. The molecule has 0 aliphatic rings. The van der Waals surface area contributed by atoms with Crippen LogP contribution in [0.25, 0.3) is 0 Å². The molecule has 0 aliphatic carbocycles. The molecule has 0 unspecified atom stereocenters.